The van der Waals surface area contributed by atoms with Crippen LogP contribution in [0.5, 0.6) is 0 Å². The van der Waals surface area contributed by atoms with Crippen molar-refractivity contribution in [2.24, 2.45) is 0 Å². The Balaban J connectivity index is 2.02. The van der Waals surface area contributed by atoms with Crippen LogP contribution in [0.3, 0.4) is 0 Å². The normalized spacial score (nSPS) is 11.0. The molecule has 24 heavy (non-hydrogen) atoms. The molecule has 3 rings (SSSR count). The third kappa shape index (κ3) is 3.69. The summed E-state index contributed by atoms with van der Waals surface area (Å²) in [4.78, 5) is 16.3. The lowest BCUT2D eigenvalue weighted by Gasteiger charge is -2.00. The van der Waals surface area contributed by atoms with E-state index in [4.69, 9.17) is 4.42 Å². The first-order valence-corrected chi connectivity index (χ1v) is 8.10. The van der Waals surface area contributed by atoms with Crippen molar-refractivity contribution in [3.63, 3.8) is 0 Å². The summed E-state index contributed by atoms with van der Waals surface area (Å²) >= 11 is 0. The smallest absolute Gasteiger partial charge is 0.220 e. The molecule has 0 N–H and O–H groups in total. The minimum Gasteiger partial charge on any atom is -0.436 e. The molecule has 0 atom stereocenters. The fraction of sp³-hybridized carbons (Fsp3) is 0.143. The molecule has 0 aliphatic rings. The van der Waals surface area contributed by atoms with Gasteiger partial charge in [0.1, 0.15) is 5.69 Å². The SMILES string of the molecule is CCCC(=O)/C=C/c1nc(-c2ccccc2)c(-c2ccccc2)o1. The van der Waals surface area contributed by atoms with Crippen LogP contribution in [0.25, 0.3) is 28.7 Å². The van der Waals surface area contributed by atoms with Gasteiger partial charge in [0.05, 0.1) is 0 Å². The number of hydrogen-bond donors (Lipinski definition) is 0. The van der Waals surface area contributed by atoms with E-state index in [2.05, 4.69) is 4.98 Å². The van der Waals surface area contributed by atoms with E-state index in [-0.39, 0.29) is 5.78 Å². The van der Waals surface area contributed by atoms with Gasteiger partial charge in [-0.05, 0) is 12.5 Å². The molecule has 0 fully saturated rings. The van der Waals surface area contributed by atoms with Gasteiger partial charge in [-0.2, -0.15) is 0 Å². The largest absolute Gasteiger partial charge is 0.436 e. The predicted molar refractivity (Wildman–Crippen MR) is 96.3 cm³/mol. The Hall–Kier alpha value is -2.94. The van der Waals surface area contributed by atoms with Crippen molar-refractivity contribution in [3.8, 4) is 22.6 Å². The monoisotopic (exact) mass is 317 g/mol. The van der Waals surface area contributed by atoms with Crippen LogP contribution in [-0.2, 0) is 4.79 Å². The summed E-state index contributed by atoms with van der Waals surface area (Å²) in [6.07, 6.45) is 4.56. The van der Waals surface area contributed by atoms with Gasteiger partial charge in [-0.15, -0.1) is 0 Å². The molecule has 0 aliphatic heterocycles. The molecule has 3 heteroatoms. The van der Waals surface area contributed by atoms with Crippen molar-refractivity contribution in [3.05, 3.63) is 72.6 Å². The van der Waals surface area contributed by atoms with Gasteiger partial charge in [0, 0.05) is 23.6 Å². The third-order valence-electron chi connectivity index (χ3n) is 3.64. The van der Waals surface area contributed by atoms with E-state index in [0.29, 0.717) is 18.1 Å². The highest BCUT2D eigenvalue weighted by Gasteiger charge is 2.15. The second-order valence-corrected chi connectivity index (χ2v) is 5.51. The van der Waals surface area contributed by atoms with Crippen LogP contribution in [0.4, 0.5) is 0 Å². The molecule has 0 radical (unpaired) electrons. The zero-order valence-corrected chi connectivity index (χ0v) is 13.6. The van der Waals surface area contributed by atoms with Crippen LogP contribution in [0.2, 0.25) is 0 Å². The number of allylic oxidation sites excluding steroid dienone is 1. The molecule has 2 aromatic carbocycles. The minimum atomic E-state index is 0.0817. The average molecular weight is 317 g/mol. The van der Waals surface area contributed by atoms with Crippen LogP contribution in [0, 0.1) is 0 Å². The average Bonchev–Trinajstić information content (AvgIpc) is 3.06. The standard InChI is InChI=1S/C21H19NO2/c1-2-9-18(23)14-15-19-22-20(16-10-5-3-6-11-16)21(24-19)17-12-7-4-8-13-17/h3-8,10-15H,2,9H2,1H3/b15-14+. The Morgan fingerprint density at radius 3 is 2.25 bits per heavy atom. The van der Waals surface area contributed by atoms with Gasteiger partial charge < -0.3 is 4.42 Å². The topological polar surface area (TPSA) is 43.1 Å². The summed E-state index contributed by atoms with van der Waals surface area (Å²) < 4.78 is 5.93. The zero-order valence-electron chi connectivity index (χ0n) is 13.6. The van der Waals surface area contributed by atoms with Crippen molar-refractivity contribution in [1.82, 2.24) is 4.98 Å². The van der Waals surface area contributed by atoms with E-state index in [1.165, 1.54) is 0 Å². The minimum absolute atomic E-state index is 0.0817. The predicted octanol–water partition coefficient (Wildman–Crippen LogP) is 5.39. The molecule has 0 amide bonds. The molecular weight excluding hydrogens is 298 g/mol. The van der Waals surface area contributed by atoms with Crippen LogP contribution < -0.4 is 0 Å². The Kier molecular flexibility index (Phi) is 5.02. The van der Waals surface area contributed by atoms with Gasteiger partial charge in [0.15, 0.2) is 11.5 Å². The van der Waals surface area contributed by atoms with Gasteiger partial charge in [-0.3, -0.25) is 4.79 Å². The van der Waals surface area contributed by atoms with Crippen molar-refractivity contribution < 1.29 is 9.21 Å². The van der Waals surface area contributed by atoms with E-state index in [1.54, 1.807) is 12.2 Å². The maximum atomic E-state index is 11.7. The summed E-state index contributed by atoms with van der Waals surface area (Å²) in [6.45, 7) is 1.98. The summed E-state index contributed by atoms with van der Waals surface area (Å²) in [7, 11) is 0. The molecular formula is C21H19NO2. The second-order valence-electron chi connectivity index (χ2n) is 5.51. The van der Waals surface area contributed by atoms with Gasteiger partial charge in [0.25, 0.3) is 0 Å². The summed E-state index contributed by atoms with van der Waals surface area (Å²) in [5.74, 6) is 1.24. The van der Waals surface area contributed by atoms with Crippen LogP contribution in [0.1, 0.15) is 25.7 Å². The maximum absolute atomic E-state index is 11.7. The number of nitrogens with zero attached hydrogens (tertiary/aromatic N) is 1. The van der Waals surface area contributed by atoms with E-state index in [9.17, 15) is 4.79 Å². The summed E-state index contributed by atoms with van der Waals surface area (Å²) in [5.41, 5.74) is 2.73. The van der Waals surface area contributed by atoms with Gasteiger partial charge in [0.2, 0.25) is 5.89 Å². The summed E-state index contributed by atoms with van der Waals surface area (Å²) in [5, 5.41) is 0. The maximum Gasteiger partial charge on any atom is 0.220 e. The molecule has 0 saturated heterocycles. The van der Waals surface area contributed by atoms with Gasteiger partial charge >= 0.3 is 0 Å². The highest BCUT2D eigenvalue weighted by atomic mass is 16.4. The Morgan fingerprint density at radius 2 is 1.62 bits per heavy atom. The van der Waals surface area contributed by atoms with Gasteiger partial charge in [-0.1, -0.05) is 67.6 Å². The van der Waals surface area contributed by atoms with Gasteiger partial charge in [-0.25, -0.2) is 4.98 Å². The molecule has 0 bridgehead atoms. The van der Waals surface area contributed by atoms with Crippen molar-refractivity contribution in [2.75, 3.05) is 0 Å². The fourth-order valence-corrected chi connectivity index (χ4v) is 2.48. The number of carbonyl (C=O) groups excluding carboxylic acids is 1. The van der Waals surface area contributed by atoms with E-state index in [0.717, 1.165) is 23.2 Å². The first-order chi connectivity index (χ1) is 11.8. The molecule has 0 aliphatic carbocycles. The highest BCUT2D eigenvalue weighted by Crippen LogP contribution is 2.32. The molecule has 1 heterocycles. The molecule has 1 aromatic heterocycles. The number of aromatic nitrogens is 1. The molecule has 0 spiro atoms. The number of ketones is 1. The van der Waals surface area contributed by atoms with Crippen LogP contribution in [0.15, 0.2) is 71.2 Å². The number of carbonyl (C=O) groups is 1. The lowest BCUT2D eigenvalue weighted by atomic mass is 10.1. The Bertz CT molecular complexity index is 776. The third-order valence-corrected chi connectivity index (χ3v) is 3.64. The molecule has 120 valence electrons. The van der Waals surface area contributed by atoms with Crippen molar-refractivity contribution >= 4 is 11.9 Å². The molecule has 0 saturated carbocycles. The van der Waals surface area contributed by atoms with Crippen molar-refractivity contribution in [1.29, 1.82) is 0 Å². The van der Waals surface area contributed by atoms with Crippen LogP contribution >= 0.6 is 0 Å². The Labute approximate surface area is 141 Å². The Morgan fingerprint density at radius 1 is 1.00 bits per heavy atom. The summed E-state index contributed by atoms with van der Waals surface area (Å²) in [6, 6.07) is 19.8. The number of rotatable bonds is 6. The lowest BCUT2D eigenvalue weighted by molar-refractivity contribution is -0.114. The number of oxazole rings is 1. The second kappa shape index (κ2) is 7.55. The highest BCUT2D eigenvalue weighted by molar-refractivity contribution is 5.93. The van der Waals surface area contributed by atoms with E-state index in [1.807, 2.05) is 67.6 Å². The number of benzene rings is 2. The molecule has 3 aromatic rings. The fourth-order valence-electron chi connectivity index (χ4n) is 2.48. The van der Waals surface area contributed by atoms with E-state index < -0.39 is 0 Å². The molecule has 0 unspecified atom stereocenters. The lowest BCUT2D eigenvalue weighted by Crippen LogP contribution is -1.89. The van der Waals surface area contributed by atoms with Crippen LogP contribution in [-0.4, -0.2) is 10.8 Å². The van der Waals surface area contributed by atoms with E-state index >= 15 is 0 Å². The zero-order chi connectivity index (χ0) is 16.8. The molecule has 3 nitrogen and oxygen atoms in total. The van der Waals surface area contributed by atoms with Crippen molar-refractivity contribution in [2.45, 2.75) is 19.8 Å². The number of hydrogen-bond acceptors (Lipinski definition) is 3. The first kappa shape index (κ1) is 15.9. The first-order valence-electron chi connectivity index (χ1n) is 8.10. The quantitative estimate of drug-likeness (QED) is 0.572.